The second-order valence-electron chi connectivity index (χ2n) is 7.42. The summed E-state index contributed by atoms with van der Waals surface area (Å²) in [6.07, 6.45) is 4.63. The Labute approximate surface area is 170 Å². The summed E-state index contributed by atoms with van der Waals surface area (Å²) in [6, 6.07) is 6.40. The summed E-state index contributed by atoms with van der Waals surface area (Å²) in [5.41, 5.74) is 5.48. The van der Waals surface area contributed by atoms with Crippen molar-refractivity contribution < 1.29 is 9.47 Å². The van der Waals surface area contributed by atoms with Crippen LogP contribution in [0.15, 0.2) is 40.7 Å². The molecular formula is C21H26N6O2. The van der Waals surface area contributed by atoms with Gasteiger partial charge in [-0.15, -0.1) is 0 Å². The van der Waals surface area contributed by atoms with E-state index in [-0.39, 0.29) is 6.61 Å². The predicted octanol–water partition coefficient (Wildman–Crippen LogP) is 2.03. The van der Waals surface area contributed by atoms with Crippen LogP contribution in [0, 0.1) is 6.92 Å². The second-order valence-corrected chi connectivity index (χ2v) is 7.42. The zero-order chi connectivity index (χ0) is 20.2. The van der Waals surface area contributed by atoms with Gasteiger partial charge in [-0.2, -0.15) is 5.10 Å². The van der Waals surface area contributed by atoms with Gasteiger partial charge in [-0.3, -0.25) is 9.88 Å². The molecule has 152 valence electrons. The highest BCUT2D eigenvalue weighted by molar-refractivity contribution is 6.42. The van der Waals surface area contributed by atoms with Gasteiger partial charge in [0, 0.05) is 31.0 Å². The van der Waals surface area contributed by atoms with E-state index >= 15 is 0 Å². The van der Waals surface area contributed by atoms with Crippen LogP contribution in [-0.4, -0.2) is 58.7 Å². The quantitative estimate of drug-likeness (QED) is 0.457. The summed E-state index contributed by atoms with van der Waals surface area (Å²) in [7, 11) is 0. The molecule has 0 spiro atoms. The monoisotopic (exact) mass is 394 g/mol. The Hall–Kier alpha value is -2.84. The number of ether oxygens (including phenoxy) is 2. The molecule has 29 heavy (non-hydrogen) atoms. The van der Waals surface area contributed by atoms with Gasteiger partial charge < -0.3 is 15.3 Å². The lowest BCUT2D eigenvalue weighted by molar-refractivity contribution is -0.0695. The maximum Gasteiger partial charge on any atom is 0.213 e. The van der Waals surface area contributed by atoms with E-state index < -0.39 is 0 Å². The first kappa shape index (κ1) is 19.5. The molecule has 8 nitrogen and oxygen atoms in total. The highest BCUT2D eigenvalue weighted by Crippen LogP contribution is 2.25. The van der Waals surface area contributed by atoms with Crippen LogP contribution >= 0.6 is 0 Å². The molecular weight excluding hydrogens is 368 g/mol. The third-order valence-electron chi connectivity index (χ3n) is 5.36. The van der Waals surface area contributed by atoms with E-state index in [1.807, 2.05) is 38.2 Å². The molecule has 2 aromatic rings. The molecule has 1 fully saturated rings. The van der Waals surface area contributed by atoms with E-state index in [1.54, 1.807) is 6.20 Å². The zero-order valence-corrected chi connectivity index (χ0v) is 16.8. The topological polar surface area (TPSA) is 98.2 Å². The molecule has 0 aromatic carbocycles. The maximum absolute atomic E-state index is 5.93. The molecule has 1 saturated heterocycles. The van der Waals surface area contributed by atoms with Crippen molar-refractivity contribution in [3.8, 4) is 5.88 Å². The summed E-state index contributed by atoms with van der Waals surface area (Å²) in [6.45, 7) is 7.61. The zero-order valence-electron chi connectivity index (χ0n) is 16.8. The van der Waals surface area contributed by atoms with E-state index in [9.17, 15) is 0 Å². The minimum absolute atomic E-state index is 0.234. The van der Waals surface area contributed by atoms with Crippen LogP contribution in [0.4, 0.5) is 5.69 Å². The SMILES string of the molecule is C/C(=N/N)C(COc1cc2c(cn1)CN(C1COC1)CC2)=Nc1ccc(C)nc1. The summed E-state index contributed by atoms with van der Waals surface area (Å²) in [5.74, 6) is 6.06. The number of hydrogen-bond acceptors (Lipinski definition) is 8. The Morgan fingerprint density at radius 3 is 2.83 bits per heavy atom. The molecule has 0 amide bonds. The van der Waals surface area contributed by atoms with Crippen LogP contribution in [0.1, 0.15) is 23.7 Å². The number of aromatic nitrogens is 2. The molecule has 0 bridgehead atoms. The van der Waals surface area contributed by atoms with Gasteiger partial charge in [0.25, 0.3) is 0 Å². The van der Waals surface area contributed by atoms with Crippen molar-refractivity contribution in [2.45, 2.75) is 32.9 Å². The molecule has 8 heteroatoms. The van der Waals surface area contributed by atoms with Crippen molar-refractivity contribution in [1.82, 2.24) is 14.9 Å². The second kappa shape index (κ2) is 8.67. The number of aliphatic imine (C=N–C) groups is 1. The molecule has 0 radical (unpaired) electrons. The lowest BCUT2D eigenvalue weighted by atomic mass is 10.00. The van der Waals surface area contributed by atoms with Gasteiger partial charge in [-0.05, 0) is 43.5 Å². The third-order valence-corrected chi connectivity index (χ3v) is 5.36. The van der Waals surface area contributed by atoms with Crippen molar-refractivity contribution in [3.63, 3.8) is 0 Å². The van der Waals surface area contributed by atoms with Crippen molar-refractivity contribution >= 4 is 17.1 Å². The van der Waals surface area contributed by atoms with Gasteiger partial charge in [-0.1, -0.05) is 0 Å². The van der Waals surface area contributed by atoms with E-state index in [0.29, 0.717) is 23.3 Å². The lowest BCUT2D eigenvalue weighted by Gasteiger charge is -2.39. The Morgan fingerprint density at radius 2 is 2.14 bits per heavy atom. The molecule has 4 rings (SSSR count). The van der Waals surface area contributed by atoms with Crippen molar-refractivity contribution in [1.29, 1.82) is 0 Å². The molecule has 2 N–H and O–H groups in total. The van der Waals surface area contributed by atoms with Crippen molar-refractivity contribution in [2.24, 2.45) is 15.9 Å². The van der Waals surface area contributed by atoms with Crippen LogP contribution in [0.5, 0.6) is 5.88 Å². The summed E-state index contributed by atoms with van der Waals surface area (Å²) in [4.78, 5) is 15.8. The van der Waals surface area contributed by atoms with Crippen LogP contribution < -0.4 is 10.6 Å². The Kier molecular flexibility index (Phi) is 5.82. The average molecular weight is 394 g/mol. The summed E-state index contributed by atoms with van der Waals surface area (Å²) in [5, 5.41) is 3.77. The minimum Gasteiger partial charge on any atom is -0.471 e. The first-order valence-corrected chi connectivity index (χ1v) is 9.80. The smallest absolute Gasteiger partial charge is 0.213 e. The van der Waals surface area contributed by atoms with Crippen LogP contribution in [0.2, 0.25) is 0 Å². The fraction of sp³-hybridized carbons (Fsp3) is 0.429. The van der Waals surface area contributed by atoms with Gasteiger partial charge in [0.2, 0.25) is 5.88 Å². The molecule has 2 aliphatic rings. The highest BCUT2D eigenvalue weighted by Gasteiger charge is 2.29. The number of fused-ring (bicyclic) bond motifs is 1. The van der Waals surface area contributed by atoms with Crippen molar-refractivity contribution in [3.05, 3.63) is 47.4 Å². The predicted molar refractivity (Wildman–Crippen MR) is 112 cm³/mol. The molecule has 4 heterocycles. The number of hydrogen-bond donors (Lipinski definition) is 1. The Bertz CT molecular complexity index is 921. The van der Waals surface area contributed by atoms with E-state index in [0.717, 1.165) is 44.1 Å². The maximum atomic E-state index is 5.93. The molecule has 0 aliphatic carbocycles. The standard InChI is InChI=1S/C21H26N6O2/c1-14-3-4-18(9-23-14)25-20(15(2)26-22)13-29-21-7-16-5-6-27(19-11-28-12-19)10-17(16)8-24-21/h3-4,7-9,19H,5-6,10-13,22H2,1-2H3/b25-20?,26-15-. The first-order chi connectivity index (χ1) is 14.1. The van der Waals surface area contributed by atoms with E-state index in [1.165, 1.54) is 11.1 Å². The first-order valence-electron chi connectivity index (χ1n) is 9.80. The largest absolute Gasteiger partial charge is 0.471 e. The highest BCUT2D eigenvalue weighted by atomic mass is 16.5. The number of nitrogens with zero attached hydrogens (tertiary/aromatic N) is 5. The average Bonchev–Trinajstić information content (AvgIpc) is 2.70. The van der Waals surface area contributed by atoms with Crippen molar-refractivity contribution in [2.75, 3.05) is 26.4 Å². The summed E-state index contributed by atoms with van der Waals surface area (Å²) < 4.78 is 11.2. The van der Waals surface area contributed by atoms with E-state index in [2.05, 4.69) is 25.0 Å². The number of pyridine rings is 2. The molecule has 0 unspecified atom stereocenters. The Balaban J connectivity index is 1.44. The number of nitrogens with two attached hydrogens (primary N) is 1. The van der Waals surface area contributed by atoms with Gasteiger partial charge >= 0.3 is 0 Å². The van der Waals surface area contributed by atoms with Crippen LogP contribution in [-0.2, 0) is 17.7 Å². The molecule has 2 aliphatic heterocycles. The lowest BCUT2D eigenvalue weighted by Crippen LogP contribution is -2.50. The molecule has 0 saturated carbocycles. The Morgan fingerprint density at radius 1 is 1.28 bits per heavy atom. The van der Waals surface area contributed by atoms with Gasteiger partial charge in [-0.25, -0.2) is 9.98 Å². The fourth-order valence-electron chi connectivity index (χ4n) is 3.38. The van der Waals surface area contributed by atoms with Gasteiger partial charge in [0.15, 0.2) is 0 Å². The molecule has 2 aromatic heterocycles. The number of aryl methyl sites for hydroxylation is 1. The number of rotatable bonds is 6. The molecule has 0 atom stereocenters. The van der Waals surface area contributed by atoms with Crippen LogP contribution in [0.3, 0.4) is 0 Å². The fourth-order valence-corrected chi connectivity index (χ4v) is 3.38. The van der Waals surface area contributed by atoms with Crippen LogP contribution in [0.25, 0.3) is 0 Å². The minimum atomic E-state index is 0.234. The normalized spacial score (nSPS) is 18.3. The van der Waals surface area contributed by atoms with E-state index in [4.69, 9.17) is 15.3 Å². The van der Waals surface area contributed by atoms with Gasteiger partial charge in [0.05, 0.1) is 36.9 Å². The van der Waals surface area contributed by atoms with Gasteiger partial charge in [0.1, 0.15) is 12.3 Å². The third kappa shape index (κ3) is 4.60. The summed E-state index contributed by atoms with van der Waals surface area (Å²) >= 11 is 0. The number of hydrazone groups is 1.